The van der Waals surface area contributed by atoms with Crippen molar-refractivity contribution >= 4 is 24.2 Å². The molecule has 114 valence electrons. The fourth-order valence-corrected chi connectivity index (χ4v) is 1.77. The van der Waals surface area contributed by atoms with Crippen LogP contribution >= 0.6 is 0 Å². The maximum Gasteiger partial charge on any atom is 0.233 e. The third-order valence-electron chi connectivity index (χ3n) is 2.94. The first kappa shape index (κ1) is 15.6. The highest BCUT2D eigenvalue weighted by molar-refractivity contribution is 5.78. The number of aryl methyl sites for hydroxylation is 2. The number of rotatable bonds is 5. The zero-order valence-electron chi connectivity index (χ0n) is 13.2. The number of hydrogen-bond donors (Lipinski definition) is 0. The lowest BCUT2D eigenvalue weighted by atomic mass is 10.1. The molecule has 0 unspecified atom stereocenters. The molecule has 1 aromatic heterocycles. The van der Waals surface area contributed by atoms with Gasteiger partial charge < -0.3 is 9.64 Å². The topological polar surface area (TPSA) is 63.0 Å². The Bertz CT molecular complexity index is 679. The summed E-state index contributed by atoms with van der Waals surface area (Å²) in [6.07, 6.45) is 3.33. The van der Waals surface area contributed by atoms with E-state index in [1.807, 2.05) is 26.1 Å². The van der Waals surface area contributed by atoms with E-state index in [-0.39, 0.29) is 0 Å². The van der Waals surface area contributed by atoms with Crippen molar-refractivity contribution in [3.63, 3.8) is 0 Å². The van der Waals surface area contributed by atoms with E-state index in [1.165, 1.54) is 5.56 Å². The molecule has 2 rings (SSSR count). The van der Waals surface area contributed by atoms with Gasteiger partial charge in [-0.2, -0.15) is 0 Å². The molecular weight excluding hydrogens is 278 g/mol. The quantitative estimate of drug-likeness (QED) is 0.628. The van der Waals surface area contributed by atoms with Crippen LogP contribution in [0.25, 0.3) is 0 Å². The van der Waals surface area contributed by atoms with Gasteiger partial charge in [0.2, 0.25) is 5.88 Å². The molecule has 0 aliphatic carbocycles. The highest BCUT2D eigenvalue weighted by Crippen LogP contribution is 2.18. The lowest BCUT2D eigenvalue weighted by molar-refractivity contribution is 0.392. The third-order valence-corrected chi connectivity index (χ3v) is 2.94. The Morgan fingerprint density at radius 1 is 1.05 bits per heavy atom. The summed E-state index contributed by atoms with van der Waals surface area (Å²) in [7, 11) is 3.40. The van der Waals surface area contributed by atoms with Gasteiger partial charge in [0.1, 0.15) is 0 Å². The molecule has 0 N–H and O–H groups in total. The average molecular weight is 297 g/mol. The van der Waals surface area contributed by atoms with Crippen molar-refractivity contribution < 1.29 is 4.74 Å². The smallest absolute Gasteiger partial charge is 0.233 e. The van der Waals surface area contributed by atoms with Gasteiger partial charge >= 0.3 is 0 Å². The van der Waals surface area contributed by atoms with Gasteiger partial charge in [-0.25, -0.2) is 9.98 Å². The van der Waals surface area contributed by atoms with Crippen LogP contribution in [0.5, 0.6) is 5.88 Å². The fraction of sp³-hybridized carbons (Fsp3) is 0.250. The molecule has 0 fully saturated rings. The molecule has 2 aromatic rings. The Kier molecular flexibility index (Phi) is 5.19. The van der Waals surface area contributed by atoms with Gasteiger partial charge in [0.15, 0.2) is 5.82 Å². The number of aliphatic imine (C=N–C) groups is 2. The van der Waals surface area contributed by atoms with E-state index in [4.69, 9.17) is 4.74 Å². The van der Waals surface area contributed by atoms with Crippen molar-refractivity contribution in [3.8, 4) is 5.88 Å². The summed E-state index contributed by atoms with van der Waals surface area (Å²) in [5.74, 6) is 0.969. The number of benzene rings is 1. The van der Waals surface area contributed by atoms with Crippen LogP contribution in [0.15, 0.2) is 40.3 Å². The van der Waals surface area contributed by atoms with E-state index in [0.29, 0.717) is 11.7 Å². The summed E-state index contributed by atoms with van der Waals surface area (Å²) >= 11 is 0. The molecule has 0 bridgehead atoms. The number of ether oxygens (including phenoxy) is 1. The summed E-state index contributed by atoms with van der Waals surface area (Å²) in [6.45, 7) is 4.11. The molecule has 1 heterocycles. The Hall–Kier alpha value is -2.76. The van der Waals surface area contributed by atoms with Crippen LogP contribution in [0.2, 0.25) is 0 Å². The van der Waals surface area contributed by atoms with E-state index in [0.717, 1.165) is 11.3 Å². The SMILES string of the molecule is COc1ccc(N=CN(C)C=Nc2ccc(C)cc2C)nn1. The third kappa shape index (κ3) is 4.37. The molecule has 0 saturated heterocycles. The molecule has 22 heavy (non-hydrogen) atoms. The lowest BCUT2D eigenvalue weighted by Crippen LogP contribution is -2.12. The fourth-order valence-electron chi connectivity index (χ4n) is 1.77. The second-order valence-corrected chi connectivity index (χ2v) is 4.88. The normalized spacial score (nSPS) is 11.3. The highest BCUT2D eigenvalue weighted by atomic mass is 16.5. The molecule has 0 aliphatic heterocycles. The summed E-state index contributed by atoms with van der Waals surface area (Å²) in [5, 5.41) is 7.77. The van der Waals surface area contributed by atoms with Crippen molar-refractivity contribution in [2.75, 3.05) is 14.2 Å². The number of hydrogen-bond acceptors (Lipinski definition) is 5. The largest absolute Gasteiger partial charge is 0.480 e. The van der Waals surface area contributed by atoms with E-state index >= 15 is 0 Å². The Morgan fingerprint density at radius 2 is 1.82 bits per heavy atom. The summed E-state index contributed by atoms with van der Waals surface area (Å²) in [5.41, 5.74) is 3.31. The monoisotopic (exact) mass is 297 g/mol. The van der Waals surface area contributed by atoms with Gasteiger partial charge in [-0.3, -0.25) is 0 Å². The average Bonchev–Trinajstić information content (AvgIpc) is 2.52. The molecular formula is C16H19N5O. The zero-order valence-corrected chi connectivity index (χ0v) is 13.2. The van der Waals surface area contributed by atoms with Crippen LogP contribution in [0.3, 0.4) is 0 Å². The van der Waals surface area contributed by atoms with E-state index in [1.54, 1.807) is 36.8 Å². The molecule has 6 nitrogen and oxygen atoms in total. The molecule has 0 saturated carbocycles. The minimum atomic E-state index is 0.462. The van der Waals surface area contributed by atoms with Gasteiger partial charge in [0.25, 0.3) is 0 Å². The van der Waals surface area contributed by atoms with E-state index in [9.17, 15) is 0 Å². The maximum absolute atomic E-state index is 4.94. The maximum atomic E-state index is 4.94. The standard InChI is InChI=1S/C16H19N5O/c1-12-5-6-14(13(2)9-12)17-10-21(3)11-18-15-7-8-16(22-4)20-19-15/h5-11H,1-4H3. The molecule has 0 radical (unpaired) electrons. The number of nitrogens with zero attached hydrogens (tertiary/aromatic N) is 5. The first-order valence-electron chi connectivity index (χ1n) is 6.84. The Labute approximate surface area is 130 Å². The van der Waals surface area contributed by atoms with Crippen molar-refractivity contribution in [2.24, 2.45) is 9.98 Å². The van der Waals surface area contributed by atoms with Crippen LogP contribution in [0.1, 0.15) is 11.1 Å². The molecule has 0 atom stereocenters. The summed E-state index contributed by atoms with van der Waals surface area (Å²) in [6, 6.07) is 9.59. The second kappa shape index (κ2) is 7.31. The summed E-state index contributed by atoms with van der Waals surface area (Å²) in [4.78, 5) is 10.4. The van der Waals surface area contributed by atoms with Crippen molar-refractivity contribution in [1.82, 2.24) is 15.1 Å². The second-order valence-electron chi connectivity index (χ2n) is 4.88. The predicted octanol–water partition coefficient (Wildman–Crippen LogP) is 3.05. The minimum absolute atomic E-state index is 0.462. The summed E-state index contributed by atoms with van der Waals surface area (Å²) < 4.78 is 4.94. The van der Waals surface area contributed by atoms with Gasteiger partial charge in [0, 0.05) is 13.1 Å². The van der Waals surface area contributed by atoms with Crippen LogP contribution < -0.4 is 4.74 Å². The first-order chi connectivity index (χ1) is 10.6. The predicted molar refractivity (Wildman–Crippen MR) is 88.6 cm³/mol. The van der Waals surface area contributed by atoms with Gasteiger partial charge in [-0.15, -0.1) is 10.2 Å². The van der Waals surface area contributed by atoms with Crippen molar-refractivity contribution in [2.45, 2.75) is 13.8 Å². The van der Waals surface area contributed by atoms with E-state index in [2.05, 4.69) is 33.2 Å². The van der Waals surface area contributed by atoms with Gasteiger partial charge in [0.05, 0.1) is 25.5 Å². The highest BCUT2D eigenvalue weighted by Gasteiger charge is 1.97. The first-order valence-corrected chi connectivity index (χ1v) is 6.84. The number of aromatic nitrogens is 2. The van der Waals surface area contributed by atoms with Gasteiger partial charge in [-0.05, 0) is 31.5 Å². The Balaban J connectivity index is 2.00. The van der Waals surface area contributed by atoms with Gasteiger partial charge in [-0.1, -0.05) is 17.7 Å². The zero-order chi connectivity index (χ0) is 15.9. The molecule has 1 aromatic carbocycles. The molecule has 0 amide bonds. The van der Waals surface area contributed by atoms with Crippen molar-refractivity contribution in [1.29, 1.82) is 0 Å². The van der Waals surface area contributed by atoms with E-state index < -0.39 is 0 Å². The number of methoxy groups -OCH3 is 1. The van der Waals surface area contributed by atoms with Crippen LogP contribution in [-0.4, -0.2) is 41.9 Å². The Morgan fingerprint density at radius 3 is 2.45 bits per heavy atom. The molecule has 0 spiro atoms. The van der Waals surface area contributed by atoms with Crippen LogP contribution in [0.4, 0.5) is 11.5 Å². The lowest BCUT2D eigenvalue weighted by Gasteiger charge is -2.06. The van der Waals surface area contributed by atoms with Crippen LogP contribution in [-0.2, 0) is 0 Å². The molecule has 0 aliphatic rings. The minimum Gasteiger partial charge on any atom is -0.480 e. The van der Waals surface area contributed by atoms with Crippen molar-refractivity contribution in [3.05, 3.63) is 41.5 Å². The van der Waals surface area contributed by atoms with Crippen LogP contribution in [0, 0.1) is 13.8 Å². The molecule has 6 heteroatoms.